The minimum absolute atomic E-state index is 0.187. The van der Waals surface area contributed by atoms with E-state index in [1.165, 1.54) is 0 Å². The van der Waals surface area contributed by atoms with Gasteiger partial charge in [0.2, 0.25) is 0 Å². The lowest BCUT2D eigenvalue weighted by atomic mass is 9.79. The molecule has 0 spiro atoms. The summed E-state index contributed by atoms with van der Waals surface area (Å²) in [6.07, 6.45) is 8.15. The summed E-state index contributed by atoms with van der Waals surface area (Å²) < 4.78 is 5.43. The van der Waals surface area contributed by atoms with Crippen molar-refractivity contribution in [2.45, 2.75) is 38.5 Å². The second-order valence-electron chi connectivity index (χ2n) is 4.88. The predicted octanol–water partition coefficient (Wildman–Crippen LogP) is 2.01. The van der Waals surface area contributed by atoms with Gasteiger partial charge in [0.1, 0.15) is 0 Å². The first kappa shape index (κ1) is 11.6. The molecule has 0 aromatic rings. The number of ketones is 1. The maximum atomic E-state index is 12.1. The second kappa shape index (κ2) is 5.48. The molecule has 1 aliphatic heterocycles. The van der Waals surface area contributed by atoms with Crippen LogP contribution in [-0.2, 0) is 9.53 Å². The fourth-order valence-corrected chi connectivity index (χ4v) is 2.59. The Labute approximate surface area is 97.0 Å². The molecule has 3 nitrogen and oxygen atoms in total. The molecule has 2 N–H and O–H groups in total. The van der Waals surface area contributed by atoms with Crippen molar-refractivity contribution in [3.05, 3.63) is 11.8 Å². The van der Waals surface area contributed by atoms with E-state index in [4.69, 9.17) is 10.5 Å². The lowest BCUT2D eigenvalue weighted by molar-refractivity contribution is -0.124. The van der Waals surface area contributed by atoms with Crippen LogP contribution >= 0.6 is 0 Å². The Balaban J connectivity index is 1.88. The fourth-order valence-electron chi connectivity index (χ4n) is 2.59. The number of nitrogens with two attached hydrogens (primary N) is 1. The first-order valence-electron chi connectivity index (χ1n) is 6.38. The summed E-state index contributed by atoms with van der Waals surface area (Å²) in [7, 11) is 0. The summed E-state index contributed by atoms with van der Waals surface area (Å²) in [5.74, 6) is 1.68. The van der Waals surface area contributed by atoms with Crippen molar-refractivity contribution in [3.63, 3.8) is 0 Å². The van der Waals surface area contributed by atoms with Crippen LogP contribution < -0.4 is 5.73 Å². The summed E-state index contributed by atoms with van der Waals surface area (Å²) in [4.78, 5) is 12.1. The first-order chi connectivity index (χ1) is 7.81. The Hall–Kier alpha value is -0.830. The SMILES string of the molecule is NCC1CCC(C(=O)C2=CCCCO2)CC1. The lowest BCUT2D eigenvalue weighted by Gasteiger charge is -2.27. The Morgan fingerprint density at radius 3 is 2.69 bits per heavy atom. The van der Waals surface area contributed by atoms with Crippen molar-refractivity contribution in [1.82, 2.24) is 0 Å². The fraction of sp³-hybridized carbons (Fsp3) is 0.769. The molecular formula is C13H21NO2. The van der Waals surface area contributed by atoms with E-state index in [0.29, 0.717) is 18.3 Å². The van der Waals surface area contributed by atoms with E-state index in [1.807, 2.05) is 6.08 Å². The third kappa shape index (κ3) is 2.64. The quantitative estimate of drug-likeness (QED) is 0.796. The molecule has 0 amide bonds. The van der Waals surface area contributed by atoms with Crippen molar-refractivity contribution in [3.8, 4) is 0 Å². The highest BCUT2D eigenvalue weighted by atomic mass is 16.5. The van der Waals surface area contributed by atoms with Gasteiger partial charge in [-0.05, 0) is 57.1 Å². The molecule has 0 unspecified atom stereocenters. The van der Waals surface area contributed by atoms with E-state index >= 15 is 0 Å². The molecule has 0 atom stereocenters. The molecule has 0 aromatic heterocycles. The Kier molecular flexibility index (Phi) is 3.99. The van der Waals surface area contributed by atoms with Crippen molar-refractivity contribution in [1.29, 1.82) is 0 Å². The normalized spacial score (nSPS) is 30.4. The highest BCUT2D eigenvalue weighted by Gasteiger charge is 2.28. The van der Waals surface area contributed by atoms with Gasteiger partial charge in [-0.15, -0.1) is 0 Å². The maximum Gasteiger partial charge on any atom is 0.200 e. The van der Waals surface area contributed by atoms with Crippen molar-refractivity contribution in [2.75, 3.05) is 13.2 Å². The number of ether oxygens (including phenoxy) is 1. The highest BCUT2D eigenvalue weighted by molar-refractivity contribution is 5.95. The Morgan fingerprint density at radius 2 is 2.12 bits per heavy atom. The smallest absolute Gasteiger partial charge is 0.200 e. The summed E-state index contributed by atoms with van der Waals surface area (Å²) in [5.41, 5.74) is 5.65. The average Bonchev–Trinajstić information content (AvgIpc) is 2.39. The first-order valence-corrected chi connectivity index (χ1v) is 6.38. The number of carbonyl (C=O) groups is 1. The number of hydrogen-bond acceptors (Lipinski definition) is 3. The zero-order valence-corrected chi connectivity index (χ0v) is 9.78. The number of carbonyl (C=O) groups excluding carboxylic acids is 1. The van der Waals surface area contributed by atoms with Gasteiger partial charge in [0.05, 0.1) is 6.61 Å². The zero-order chi connectivity index (χ0) is 11.4. The van der Waals surface area contributed by atoms with Gasteiger partial charge in [-0.25, -0.2) is 0 Å². The van der Waals surface area contributed by atoms with Crippen LogP contribution in [0.3, 0.4) is 0 Å². The van der Waals surface area contributed by atoms with Crippen LogP contribution in [0.2, 0.25) is 0 Å². The number of Topliss-reactive ketones (excluding diaryl/α,β-unsaturated/α-hetero) is 1. The van der Waals surface area contributed by atoms with Crippen molar-refractivity contribution in [2.24, 2.45) is 17.6 Å². The minimum atomic E-state index is 0.187. The molecule has 0 radical (unpaired) electrons. The summed E-state index contributed by atoms with van der Waals surface area (Å²) in [6, 6.07) is 0. The topological polar surface area (TPSA) is 52.3 Å². The molecule has 16 heavy (non-hydrogen) atoms. The van der Waals surface area contributed by atoms with Gasteiger partial charge >= 0.3 is 0 Å². The van der Waals surface area contributed by atoms with Crippen LogP contribution in [0.4, 0.5) is 0 Å². The number of allylic oxidation sites excluding steroid dienone is 2. The molecule has 90 valence electrons. The molecule has 0 bridgehead atoms. The number of hydrogen-bond donors (Lipinski definition) is 1. The van der Waals surface area contributed by atoms with Gasteiger partial charge in [0.15, 0.2) is 11.5 Å². The third-order valence-electron chi connectivity index (χ3n) is 3.73. The van der Waals surface area contributed by atoms with Crippen LogP contribution in [0.25, 0.3) is 0 Å². The Morgan fingerprint density at radius 1 is 1.38 bits per heavy atom. The van der Waals surface area contributed by atoms with E-state index in [9.17, 15) is 4.79 Å². The molecule has 2 rings (SSSR count). The third-order valence-corrected chi connectivity index (χ3v) is 3.73. The monoisotopic (exact) mass is 223 g/mol. The minimum Gasteiger partial charge on any atom is -0.490 e. The predicted molar refractivity (Wildman–Crippen MR) is 62.8 cm³/mol. The molecule has 3 heteroatoms. The van der Waals surface area contributed by atoms with E-state index in [-0.39, 0.29) is 11.7 Å². The van der Waals surface area contributed by atoms with Gasteiger partial charge in [0.25, 0.3) is 0 Å². The molecule has 1 saturated carbocycles. The van der Waals surface area contributed by atoms with Crippen LogP contribution in [0.5, 0.6) is 0 Å². The van der Waals surface area contributed by atoms with Crippen molar-refractivity contribution >= 4 is 5.78 Å². The van der Waals surface area contributed by atoms with Crippen LogP contribution in [0.1, 0.15) is 38.5 Å². The van der Waals surface area contributed by atoms with Crippen LogP contribution in [0.15, 0.2) is 11.8 Å². The average molecular weight is 223 g/mol. The van der Waals surface area contributed by atoms with Gasteiger partial charge in [0, 0.05) is 5.92 Å². The van der Waals surface area contributed by atoms with Crippen LogP contribution in [0, 0.1) is 11.8 Å². The molecule has 0 aromatic carbocycles. The molecule has 1 aliphatic carbocycles. The van der Waals surface area contributed by atoms with Gasteiger partial charge < -0.3 is 10.5 Å². The number of rotatable bonds is 3. The molecule has 1 fully saturated rings. The van der Waals surface area contributed by atoms with E-state index < -0.39 is 0 Å². The summed E-state index contributed by atoms with van der Waals surface area (Å²) in [6.45, 7) is 1.47. The molecule has 0 saturated heterocycles. The van der Waals surface area contributed by atoms with Gasteiger partial charge in [-0.3, -0.25) is 4.79 Å². The van der Waals surface area contributed by atoms with E-state index in [0.717, 1.165) is 45.1 Å². The molecular weight excluding hydrogens is 202 g/mol. The standard InChI is InChI=1S/C13H21NO2/c14-9-10-4-6-11(7-5-10)13(15)12-3-1-2-8-16-12/h3,10-11H,1-2,4-9,14H2. The largest absolute Gasteiger partial charge is 0.490 e. The summed E-state index contributed by atoms with van der Waals surface area (Å²) >= 11 is 0. The maximum absolute atomic E-state index is 12.1. The van der Waals surface area contributed by atoms with Crippen LogP contribution in [-0.4, -0.2) is 18.9 Å². The van der Waals surface area contributed by atoms with Crippen molar-refractivity contribution < 1.29 is 9.53 Å². The zero-order valence-electron chi connectivity index (χ0n) is 9.78. The van der Waals surface area contributed by atoms with Gasteiger partial charge in [-0.1, -0.05) is 0 Å². The van der Waals surface area contributed by atoms with E-state index in [2.05, 4.69) is 0 Å². The van der Waals surface area contributed by atoms with Gasteiger partial charge in [-0.2, -0.15) is 0 Å². The molecule has 1 heterocycles. The second-order valence-corrected chi connectivity index (χ2v) is 4.88. The molecule has 2 aliphatic rings. The highest BCUT2D eigenvalue weighted by Crippen LogP contribution is 2.31. The lowest BCUT2D eigenvalue weighted by Crippen LogP contribution is -2.27. The van der Waals surface area contributed by atoms with E-state index in [1.54, 1.807) is 0 Å². The summed E-state index contributed by atoms with van der Waals surface area (Å²) in [5, 5.41) is 0. The Bertz CT molecular complexity index is 278.